The molecule has 98 valence electrons. The summed E-state index contributed by atoms with van der Waals surface area (Å²) in [6, 6.07) is 14.7. The number of nitrogens with two attached hydrogens (primary N) is 1. The predicted molar refractivity (Wildman–Crippen MR) is 75.5 cm³/mol. The molecule has 1 aliphatic rings. The van der Waals surface area contributed by atoms with Crippen LogP contribution in [0, 0.1) is 5.82 Å². The van der Waals surface area contributed by atoms with Crippen molar-refractivity contribution in [2.45, 2.75) is 31.2 Å². The van der Waals surface area contributed by atoms with Crippen LogP contribution in [0.3, 0.4) is 0 Å². The van der Waals surface area contributed by atoms with E-state index in [4.69, 9.17) is 5.73 Å². The molecule has 19 heavy (non-hydrogen) atoms. The van der Waals surface area contributed by atoms with E-state index in [-0.39, 0.29) is 5.82 Å². The minimum atomic E-state index is -0.392. The van der Waals surface area contributed by atoms with E-state index in [1.54, 1.807) is 12.1 Å². The van der Waals surface area contributed by atoms with Crippen LogP contribution >= 0.6 is 0 Å². The summed E-state index contributed by atoms with van der Waals surface area (Å²) in [6.45, 7) is 0. The Labute approximate surface area is 113 Å². The van der Waals surface area contributed by atoms with Crippen molar-refractivity contribution in [3.63, 3.8) is 0 Å². The molecule has 2 N–H and O–H groups in total. The lowest BCUT2D eigenvalue weighted by Crippen LogP contribution is -2.14. The summed E-state index contributed by atoms with van der Waals surface area (Å²) < 4.78 is 13.7. The van der Waals surface area contributed by atoms with Gasteiger partial charge >= 0.3 is 0 Å². The van der Waals surface area contributed by atoms with E-state index >= 15 is 0 Å². The van der Waals surface area contributed by atoms with Gasteiger partial charge in [0.1, 0.15) is 5.82 Å². The first-order chi connectivity index (χ1) is 9.25. The van der Waals surface area contributed by atoms with Gasteiger partial charge in [0.2, 0.25) is 0 Å². The number of rotatable bonds is 3. The van der Waals surface area contributed by atoms with Crippen molar-refractivity contribution in [3.8, 4) is 0 Å². The molecule has 0 amide bonds. The fraction of sp³-hybridized carbons (Fsp3) is 0.294. The normalized spacial score (nSPS) is 16.9. The maximum Gasteiger partial charge on any atom is 0.128 e. The van der Waals surface area contributed by atoms with Gasteiger partial charge in [-0.15, -0.1) is 0 Å². The standard InChI is InChI=1S/C17H18FN/c18-16-7-2-1-6-15(16)17(19)14-10-8-13(9-11-14)12-4-3-5-12/h1-2,6-12,17H,3-5,19H2. The van der Waals surface area contributed by atoms with E-state index in [1.165, 1.54) is 30.9 Å². The predicted octanol–water partition coefficient (Wildman–Crippen LogP) is 4.14. The number of hydrogen-bond acceptors (Lipinski definition) is 1. The maximum atomic E-state index is 13.7. The van der Waals surface area contributed by atoms with E-state index in [9.17, 15) is 4.39 Å². The fourth-order valence-electron chi connectivity index (χ4n) is 2.62. The summed E-state index contributed by atoms with van der Waals surface area (Å²) >= 11 is 0. The lowest BCUT2D eigenvalue weighted by molar-refractivity contribution is 0.419. The second-order valence-corrected chi connectivity index (χ2v) is 5.29. The zero-order valence-electron chi connectivity index (χ0n) is 10.9. The summed E-state index contributed by atoms with van der Waals surface area (Å²) in [5.74, 6) is 0.483. The molecule has 3 rings (SSSR count). The third-order valence-electron chi connectivity index (χ3n) is 4.11. The van der Waals surface area contributed by atoms with Crippen LogP contribution in [0.15, 0.2) is 48.5 Å². The molecule has 2 heteroatoms. The Kier molecular flexibility index (Phi) is 3.34. The molecule has 1 fully saturated rings. The van der Waals surface area contributed by atoms with Crippen molar-refractivity contribution in [2.75, 3.05) is 0 Å². The molecule has 0 spiro atoms. The molecule has 0 aromatic heterocycles. The molecule has 1 nitrogen and oxygen atoms in total. The van der Waals surface area contributed by atoms with Crippen LogP contribution < -0.4 is 5.73 Å². The lowest BCUT2D eigenvalue weighted by atomic mass is 9.79. The van der Waals surface area contributed by atoms with E-state index in [0.29, 0.717) is 5.56 Å². The van der Waals surface area contributed by atoms with Crippen LogP contribution in [0.5, 0.6) is 0 Å². The van der Waals surface area contributed by atoms with Gasteiger partial charge in [-0.2, -0.15) is 0 Å². The van der Waals surface area contributed by atoms with Crippen molar-refractivity contribution in [1.82, 2.24) is 0 Å². The minimum Gasteiger partial charge on any atom is -0.320 e. The summed E-state index contributed by atoms with van der Waals surface area (Å²) in [5, 5.41) is 0. The molecule has 0 bridgehead atoms. The first-order valence-electron chi connectivity index (χ1n) is 6.85. The molecule has 1 saturated carbocycles. The average Bonchev–Trinajstić information content (AvgIpc) is 2.37. The smallest absolute Gasteiger partial charge is 0.128 e. The second kappa shape index (κ2) is 5.14. The van der Waals surface area contributed by atoms with Gasteiger partial charge in [0.15, 0.2) is 0 Å². The minimum absolute atomic E-state index is 0.238. The van der Waals surface area contributed by atoms with Crippen LogP contribution in [0.2, 0.25) is 0 Å². The zero-order valence-corrected chi connectivity index (χ0v) is 10.9. The van der Waals surface area contributed by atoms with E-state index in [1.807, 2.05) is 18.2 Å². The topological polar surface area (TPSA) is 26.0 Å². The van der Waals surface area contributed by atoms with Gasteiger partial charge in [0.05, 0.1) is 6.04 Å². The first kappa shape index (κ1) is 12.4. The van der Waals surface area contributed by atoms with Crippen LogP contribution in [-0.4, -0.2) is 0 Å². The fourth-order valence-corrected chi connectivity index (χ4v) is 2.62. The Morgan fingerprint density at radius 2 is 1.68 bits per heavy atom. The average molecular weight is 255 g/mol. The first-order valence-corrected chi connectivity index (χ1v) is 6.85. The third-order valence-corrected chi connectivity index (χ3v) is 4.11. The molecule has 0 radical (unpaired) electrons. The maximum absolute atomic E-state index is 13.7. The Hall–Kier alpha value is -1.67. The quantitative estimate of drug-likeness (QED) is 0.876. The molecule has 1 aliphatic carbocycles. The molecular weight excluding hydrogens is 237 g/mol. The van der Waals surface area contributed by atoms with Crippen LogP contribution in [0.1, 0.15) is 47.9 Å². The van der Waals surface area contributed by atoms with E-state index in [2.05, 4.69) is 12.1 Å². The highest BCUT2D eigenvalue weighted by atomic mass is 19.1. The van der Waals surface area contributed by atoms with Gasteiger partial charge in [-0.3, -0.25) is 0 Å². The third kappa shape index (κ3) is 2.41. The largest absolute Gasteiger partial charge is 0.320 e. The Balaban J connectivity index is 1.83. The van der Waals surface area contributed by atoms with Crippen molar-refractivity contribution in [1.29, 1.82) is 0 Å². The highest BCUT2D eigenvalue weighted by Crippen LogP contribution is 2.36. The molecule has 1 unspecified atom stereocenters. The molecular formula is C17H18FN. The highest BCUT2D eigenvalue weighted by Gasteiger charge is 2.20. The second-order valence-electron chi connectivity index (χ2n) is 5.29. The van der Waals surface area contributed by atoms with E-state index < -0.39 is 6.04 Å². The van der Waals surface area contributed by atoms with Gasteiger partial charge in [0.25, 0.3) is 0 Å². The van der Waals surface area contributed by atoms with Crippen LogP contribution in [0.25, 0.3) is 0 Å². The van der Waals surface area contributed by atoms with Gasteiger partial charge in [-0.05, 0) is 36.0 Å². The van der Waals surface area contributed by atoms with Gasteiger partial charge in [-0.25, -0.2) is 4.39 Å². The summed E-state index contributed by atoms with van der Waals surface area (Å²) in [5.41, 5.74) is 9.06. The molecule has 2 aromatic carbocycles. The SMILES string of the molecule is NC(c1ccc(C2CCC2)cc1)c1ccccc1F. The van der Waals surface area contributed by atoms with Crippen molar-refractivity contribution in [2.24, 2.45) is 5.73 Å². The summed E-state index contributed by atoms with van der Waals surface area (Å²) in [7, 11) is 0. The van der Waals surface area contributed by atoms with Gasteiger partial charge in [-0.1, -0.05) is 48.9 Å². The summed E-state index contributed by atoms with van der Waals surface area (Å²) in [4.78, 5) is 0. The Morgan fingerprint density at radius 3 is 2.26 bits per heavy atom. The molecule has 0 aliphatic heterocycles. The number of benzene rings is 2. The summed E-state index contributed by atoms with van der Waals surface area (Å²) in [6.07, 6.45) is 3.92. The van der Waals surface area contributed by atoms with Crippen molar-refractivity contribution in [3.05, 3.63) is 71.0 Å². The lowest BCUT2D eigenvalue weighted by Gasteiger charge is -2.26. The number of halogens is 1. The number of hydrogen-bond donors (Lipinski definition) is 1. The van der Waals surface area contributed by atoms with Gasteiger partial charge in [0, 0.05) is 5.56 Å². The molecule has 0 heterocycles. The Morgan fingerprint density at radius 1 is 1.00 bits per heavy atom. The molecule has 2 aromatic rings. The molecule has 1 atom stereocenters. The van der Waals surface area contributed by atoms with Crippen LogP contribution in [-0.2, 0) is 0 Å². The van der Waals surface area contributed by atoms with Gasteiger partial charge < -0.3 is 5.73 Å². The molecule has 0 saturated heterocycles. The van der Waals surface area contributed by atoms with Crippen LogP contribution in [0.4, 0.5) is 4.39 Å². The Bertz CT molecular complexity index is 558. The van der Waals surface area contributed by atoms with Crippen molar-refractivity contribution >= 4 is 0 Å². The monoisotopic (exact) mass is 255 g/mol. The van der Waals surface area contributed by atoms with E-state index in [0.717, 1.165) is 11.5 Å². The zero-order chi connectivity index (χ0) is 13.2. The highest BCUT2D eigenvalue weighted by molar-refractivity contribution is 5.35. The van der Waals surface area contributed by atoms with Crippen molar-refractivity contribution < 1.29 is 4.39 Å².